The molecule has 0 spiro atoms. The van der Waals surface area contributed by atoms with Crippen molar-refractivity contribution in [3.63, 3.8) is 0 Å². The number of hydrogen-bond donors (Lipinski definition) is 0. The molecule has 0 aromatic rings. The van der Waals surface area contributed by atoms with Gasteiger partial charge in [0, 0.05) is 6.08 Å². The Labute approximate surface area is 135 Å². The van der Waals surface area contributed by atoms with E-state index in [0.29, 0.717) is 5.76 Å². The highest BCUT2D eigenvalue weighted by Gasteiger charge is 2.01. The second-order valence-electron chi connectivity index (χ2n) is 3.02. The molecule has 0 aromatic carbocycles. The van der Waals surface area contributed by atoms with Crippen LogP contribution in [0, 0.1) is 0 Å². The van der Waals surface area contributed by atoms with Gasteiger partial charge in [0.05, 0.1) is 0 Å². The molecule has 0 amide bonds. The largest absolute Gasteiger partial charge is 0.424 e. The summed E-state index contributed by atoms with van der Waals surface area (Å²) >= 11 is 0. The fraction of sp³-hybridized carbons (Fsp3) is 0.632. The summed E-state index contributed by atoms with van der Waals surface area (Å²) in [5, 5.41) is 0. The summed E-state index contributed by atoms with van der Waals surface area (Å²) in [6.45, 7) is 25.3. The van der Waals surface area contributed by atoms with Gasteiger partial charge in [-0.05, 0) is 26.3 Å². The van der Waals surface area contributed by atoms with Gasteiger partial charge in [0.2, 0.25) is 0 Å². The van der Waals surface area contributed by atoms with Crippen molar-refractivity contribution in [2.45, 2.75) is 82.6 Å². The third kappa shape index (κ3) is 38.1. The van der Waals surface area contributed by atoms with Crippen molar-refractivity contribution in [3.05, 3.63) is 36.1 Å². The first-order valence-electron chi connectivity index (χ1n) is 8.20. The lowest BCUT2D eigenvalue weighted by atomic mass is 10.2. The van der Waals surface area contributed by atoms with Crippen molar-refractivity contribution in [1.82, 2.24) is 0 Å². The first-order chi connectivity index (χ1) is 10.0. The topological polar surface area (TPSA) is 26.3 Å². The lowest BCUT2D eigenvalue weighted by Gasteiger charge is -2.03. The Balaban J connectivity index is -0.0000000795. The average Bonchev–Trinajstić information content (AvgIpc) is 2.53. The van der Waals surface area contributed by atoms with E-state index in [1.807, 2.05) is 61.5 Å². The van der Waals surface area contributed by atoms with E-state index in [1.54, 1.807) is 13.0 Å². The SMILES string of the molecule is C=C(OC(=O)/C=C\C)/C(C)=C\C.CC.CC.CC.CCC. The van der Waals surface area contributed by atoms with E-state index < -0.39 is 0 Å². The summed E-state index contributed by atoms with van der Waals surface area (Å²) < 4.78 is 4.85. The minimum atomic E-state index is -0.385. The van der Waals surface area contributed by atoms with Gasteiger partial charge in [-0.2, -0.15) is 0 Å². The van der Waals surface area contributed by atoms with Crippen LogP contribution in [0.1, 0.15) is 82.6 Å². The van der Waals surface area contributed by atoms with Crippen LogP contribution >= 0.6 is 0 Å². The number of rotatable bonds is 3. The van der Waals surface area contributed by atoms with Crippen molar-refractivity contribution in [2.75, 3.05) is 0 Å². The van der Waals surface area contributed by atoms with Crippen molar-refractivity contribution in [2.24, 2.45) is 0 Å². The molecule has 0 rings (SSSR count). The fourth-order valence-electron chi connectivity index (χ4n) is 0.533. The third-order valence-electron chi connectivity index (χ3n) is 1.40. The quantitative estimate of drug-likeness (QED) is 0.241. The van der Waals surface area contributed by atoms with Crippen LogP contribution in [0.25, 0.3) is 0 Å². The summed E-state index contributed by atoms with van der Waals surface area (Å²) in [6.07, 6.45) is 6.07. The van der Waals surface area contributed by atoms with E-state index in [9.17, 15) is 4.79 Å². The molecule has 0 heterocycles. The standard InChI is InChI=1S/C10H14O2.C3H8.3C2H6/c1-5-7-10(11)12-9(4)8(3)6-2;1-3-2;3*1-2/h5-7H,4H2,1-3H3;3H2,1-2H3;3*1-2H3/b7-5-,8-6-;;;;. The van der Waals surface area contributed by atoms with Crippen LogP contribution in [0.3, 0.4) is 0 Å². The Morgan fingerprint density at radius 1 is 1.00 bits per heavy atom. The summed E-state index contributed by atoms with van der Waals surface area (Å²) in [4.78, 5) is 10.9. The average molecular weight is 301 g/mol. The number of allylic oxidation sites excluding steroid dienone is 3. The maximum absolute atomic E-state index is 10.9. The second-order valence-corrected chi connectivity index (χ2v) is 3.02. The number of ether oxygens (including phenoxy) is 1. The van der Waals surface area contributed by atoms with Crippen molar-refractivity contribution >= 4 is 5.97 Å². The first kappa shape index (κ1) is 31.9. The van der Waals surface area contributed by atoms with E-state index in [-0.39, 0.29) is 5.97 Å². The van der Waals surface area contributed by atoms with Gasteiger partial charge in [-0.1, -0.05) is 80.5 Å². The molecule has 0 saturated carbocycles. The molecule has 0 N–H and O–H groups in total. The molecule has 0 fully saturated rings. The van der Waals surface area contributed by atoms with E-state index >= 15 is 0 Å². The normalized spacial score (nSPS) is 8.43. The molecule has 0 bridgehead atoms. The Morgan fingerprint density at radius 3 is 1.57 bits per heavy atom. The molecule has 128 valence electrons. The Morgan fingerprint density at radius 2 is 1.33 bits per heavy atom. The minimum Gasteiger partial charge on any atom is -0.424 e. The summed E-state index contributed by atoms with van der Waals surface area (Å²) in [7, 11) is 0. The zero-order chi connectivity index (χ0) is 18.3. The van der Waals surface area contributed by atoms with Gasteiger partial charge in [0.25, 0.3) is 0 Å². The monoisotopic (exact) mass is 300 g/mol. The zero-order valence-corrected chi connectivity index (χ0v) is 16.5. The van der Waals surface area contributed by atoms with Gasteiger partial charge in [-0.25, -0.2) is 4.79 Å². The molecule has 0 aliphatic carbocycles. The zero-order valence-electron chi connectivity index (χ0n) is 16.5. The van der Waals surface area contributed by atoms with Crippen LogP contribution in [-0.2, 0) is 9.53 Å². The molecular weight excluding hydrogens is 260 g/mol. The van der Waals surface area contributed by atoms with Crippen molar-refractivity contribution < 1.29 is 9.53 Å². The van der Waals surface area contributed by atoms with E-state index in [4.69, 9.17) is 4.74 Å². The molecule has 0 saturated heterocycles. The van der Waals surface area contributed by atoms with Gasteiger partial charge >= 0.3 is 5.97 Å². The number of carbonyl (C=O) groups is 1. The predicted octanol–water partition coefficient (Wildman–Crippen LogP) is 7.08. The Kier molecular flexibility index (Phi) is 55.1. The van der Waals surface area contributed by atoms with Crippen molar-refractivity contribution in [3.8, 4) is 0 Å². The van der Waals surface area contributed by atoms with Crippen LogP contribution in [0.15, 0.2) is 36.1 Å². The minimum absolute atomic E-state index is 0.385. The maximum atomic E-state index is 10.9. The lowest BCUT2D eigenvalue weighted by Crippen LogP contribution is -2.00. The third-order valence-corrected chi connectivity index (χ3v) is 1.40. The van der Waals surface area contributed by atoms with E-state index in [0.717, 1.165) is 5.57 Å². The first-order valence-corrected chi connectivity index (χ1v) is 8.20. The van der Waals surface area contributed by atoms with Gasteiger partial charge in [0.15, 0.2) is 0 Å². The second kappa shape index (κ2) is 36.3. The van der Waals surface area contributed by atoms with Gasteiger partial charge < -0.3 is 4.74 Å². The molecule has 0 unspecified atom stereocenters. The number of esters is 1. The van der Waals surface area contributed by atoms with E-state index in [2.05, 4.69) is 20.4 Å². The van der Waals surface area contributed by atoms with Crippen molar-refractivity contribution in [1.29, 1.82) is 0 Å². The van der Waals surface area contributed by atoms with Gasteiger partial charge in [-0.15, -0.1) is 0 Å². The molecule has 2 heteroatoms. The molecule has 0 atom stereocenters. The molecule has 0 aromatic heterocycles. The van der Waals surface area contributed by atoms with Crippen LogP contribution in [0.5, 0.6) is 0 Å². The summed E-state index contributed by atoms with van der Waals surface area (Å²) in [6, 6.07) is 0. The van der Waals surface area contributed by atoms with Crippen LogP contribution in [0.2, 0.25) is 0 Å². The molecule has 0 aliphatic heterocycles. The van der Waals surface area contributed by atoms with Crippen LogP contribution in [0.4, 0.5) is 0 Å². The molecular formula is C19H40O2. The number of hydrogen-bond acceptors (Lipinski definition) is 2. The maximum Gasteiger partial charge on any atom is 0.335 e. The van der Waals surface area contributed by atoms with Gasteiger partial charge in [0.1, 0.15) is 5.76 Å². The smallest absolute Gasteiger partial charge is 0.335 e. The molecule has 0 aliphatic rings. The molecule has 21 heavy (non-hydrogen) atoms. The Hall–Kier alpha value is -1.31. The predicted molar refractivity (Wildman–Crippen MR) is 99.5 cm³/mol. The van der Waals surface area contributed by atoms with Crippen LogP contribution < -0.4 is 0 Å². The van der Waals surface area contributed by atoms with E-state index in [1.165, 1.54) is 12.5 Å². The highest BCUT2D eigenvalue weighted by molar-refractivity contribution is 5.82. The molecule has 0 radical (unpaired) electrons. The summed E-state index contributed by atoms with van der Waals surface area (Å²) in [5.41, 5.74) is 0.868. The number of carbonyl (C=O) groups excluding carboxylic acids is 1. The Bertz CT molecular complexity index is 248. The lowest BCUT2D eigenvalue weighted by molar-refractivity contribution is -0.133. The fourth-order valence-corrected chi connectivity index (χ4v) is 0.533. The highest BCUT2D eigenvalue weighted by Crippen LogP contribution is 2.07. The van der Waals surface area contributed by atoms with Gasteiger partial charge in [-0.3, -0.25) is 0 Å². The molecule has 2 nitrogen and oxygen atoms in total. The summed E-state index contributed by atoms with van der Waals surface area (Å²) in [5.74, 6) is 0.0179. The highest BCUT2D eigenvalue weighted by atomic mass is 16.5. The van der Waals surface area contributed by atoms with Crippen LogP contribution in [-0.4, -0.2) is 5.97 Å².